The topological polar surface area (TPSA) is 132 Å². The lowest BCUT2D eigenvalue weighted by Gasteiger charge is -2.26. The molecule has 1 amide bonds. The number of aromatic nitrogens is 3. The maximum Gasteiger partial charge on any atom is 0.490 e. The van der Waals surface area contributed by atoms with Gasteiger partial charge in [-0.15, -0.1) is 5.10 Å². The molecule has 1 saturated heterocycles. The molecule has 0 aliphatic carbocycles. The fraction of sp³-hybridized carbons (Fsp3) is 0.560. The highest BCUT2D eigenvalue weighted by atomic mass is 19.4. The number of aryl methyl sites for hydroxylation is 1. The summed E-state index contributed by atoms with van der Waals surface area (Å²) in [7, 11) is 4.01. The van der Waals surface area contributed by atoms with Crippen molar-refractivity contribution >= 4 is 23.5 Å². The second kappa shape index (κ2) is 14.8. The van der Waals surface area contributed by atoms with Crippen LogP contribution in [-0.2, 0) is 29.2 Å². The highest BCUT2D eigenvalue weighted by molar-refractivity contribution is 5.94. The summed E-state index contributed by atoms with van der Waals surface area (Å²) in [5.74, 6) is -5.43. The van der Waals surface area contributed by atoms with E-state index in [0.29, 0.717) is 6.54 Å². The number of anilines is 1. The number of piperidine rings is 1. The van der Waals surface area contributed by atoms with Crippen LogP contribution in [0.2, 0.25) is 0 Å². The molecule has 1 aromatic carbocycles. The van der Waals surface area contributed by atoms with Crippen LogP contribution in [0.4, 0.5) is 32.0 Å². The van der Waals surface area contributed by atoms with E-state index in [4.69, 9.17) is 19.8 Å². The first-order valence-electron chi connectivity index (χ1n) is 12.8. The fourth-order valence-corrected chi connectivity index (χ4v) is 4.10. The summed E-state index contributed by atoms with van der Waals surface area (Å²) in [6, 6.07) is 7.84. The van der Waals surface area contributed by atoms with Gasteiger partial charge in [-0.05, 0) is 56.6 Å². The Labute approximate surface area is 237 Å². The number of benzene rings is 1. The van der Waals surface area contributed by atoms with Gasteiger partial charge in [0.1, 0.15) is 5.69 Å². The van der Waals surface area contributed by atoms with E-state index in [2.05, 4.69) is 15.2 Å². The van der Waals surface area contributed by atoms with E-state index in [1.807, 2.05) is 52.8 Å². The van der Waals surface area contributed by atoms with Gasteiger partial charge in [0.2, 0.25) is 0 Å². The molecule has 0 bridgehead atoms. The van der Waals surface area contributed by atoms with Crippen molar-refractivity contribution in [2.45, 2.75) is 57.7 Å². The smallest absolute Gasteiger partial charge is 0.475 e. The number of halogens is 6. The molecule has 234 valence electrons. The zero-order valence-electron chi connectivity index (χ0n) is 23.0. The summed E-state index contributed by atoms with van der Waals surface area (Å²) in [5, 5.41) is 23.1. The molecule has 11 nitrogen and oxygen atoms in total. The summed E-state index contributed by atoms with van der Waals surface area (Å²) < 4.78 is 65.5. The standard InChI is InChI=1S/C21H30N6O.2C2HF3O2/c1-24(2)18-9-7-17(8-10-18)21(28)26-13-6-14-27-20(16-26)19(22-23-27)15-25-11-4-3-5-12-25;2*3-2(4,5)1(6)7/h7-10H,3-6,11-16H2,1-2H3;2*(H,6,7). The van der Waals surface area contributed by atoms with Crippen LogP contribution in [0, 0.1) is 0 Å². The van der Waals surface area contributed by atoms with Crippen molar-refractivity contribution in [3.05, 3.63) is 41.2 Å². The third-order valence-electron chi connectivity index (χ3n) is 6.28. The van der Waals surface area contributed by atoms with Crippen LogP contribution >= 0.6 is 0 Å². The number of hydrogen-bond donors (Lipinski definition) is 2. The molecular formula is C25H32F6N6O5. The second-order valence-electron chi connectivity index (χ2n) is 9.67. The van der Waals surface area contributed by atoms with Gasteiger partial charge in [0.25, 0.3) is 5.91 Å². The van der Waals surface area contributed by atoms with Crippen LogP contribution < -0.4 is 4.90 Å². The van der Waals surface area contributed by atoms with E-state index in [0.717, 1.165) is 61.8 Å². The van der Waals surface area contributed by atoms with E-state index >= 15 is 0 Å². The third-order valence-corrected chi connectivity index (χ3v) is 6.28. The van der Waals surface area contributed by atoms with Gasteiger partial charge in [-0.3, -0.25) is 9.69 Å². The number of carboxylic acid groups (broad SMARTS) is 2. The first kappa shape index (κ1) is 34.3. The van der Waals surface area contributed by atoms with E-state index in [9.17, 15) is 31.1 Å². The van der Waals surface area contributed by atoms with Crippen molar-refractivity contribution in [2.75, 3.05) is 38.6 Å². The minimum atomic E-state index is -5.08. The third kappa shape index (κ3) is 10.5. The molecular weight excluding hydrogens is 578 g/mol. The van der Waals surface area contributed by atoms with Crippen LogP contribution in [-0.4, -0.2) is 98.9 Å². The summed E-state index contributed by atoms with van der Waals surface area (Å²) >= 11 is 0. The van der Waals surface area contributed by atoms with Gasteiger partial charge < -0.3 is 20.0 Å². The van der Waals surface area contributed by atoms with Crippen molar-refractivity contribution in [3.8, 4) is 0 Å². The molecule has 0 saturated carbocycles. The van der Waals surface area contributed by atoms with Crippen LogP contribution in [0.5, 0.6) is 0 Å². The Bertz CT molecular complexity index is 1170. The average Bonchev–Trinajstić information content (AvgIpc) is 3.15. The lowest BCUT2D eigenvalue weighted by molar-refractivity contribution is -0.193. The second-order valence-corrected chi connectivity index (χ2v) is 9.67. The maximum atomic E-state index is 13.1. The van der Waals surface area contributed by atoms with Gasteiger partial charge in [0.15, 0.2) is 0 Å². The normalized spacial score (nSPS) is 15.7. The summed E-state index contributed by atoms with van der Waals surface area (Å²) in [6.07, 6.45) is -5.42. The summed E-state index contributed by atoms with van der Waals surface area (Å²) in [5.41, 5.74) is 3.97. The number of carbonyl (C=O) groups is 3. The molecule has 0 atom stereocenters. The number of hydrogen-bond acceptors (Lipinski definition) is 7. The first-order chi connectivity index (χ1) is 19.5. The number of amides is 1. The molecule has 17 heteroatoms. The quantitative estimate of drug-likeness (QED) is 0.498. The van der Waals surface area contributed by atoms with Crippen LogP contribution in [0.25, 0.3) is 0 Å². The number of alkyl halides is 6. The van der Waals surface area contributed by atoms with Crippen molar-refractivity contribution in [2.24, 2.45) is 0 Å². The van der Waals surface area contributed by atoms with Crippen molar-refractivity contribution < 1.29 is 50.9 Å². The van der Waals surface area contributed by atoms with Gasteiger partial charge in [-0.25, -0.2) is 14.3 Å². The molecule has 3 heterocycles. The average molecular weight is 611 g/mol. The lowest BCUT2D eigenvalue weighted by Crippen LogP contribution is -2.32. The number of likely N-dealkylation sites (tertiary alicyclic amines) is 1. The number of fused-ring (bicyclic) bond motifs is 1. The molecule has 42 heavy (non-hydrogen) atoms. The monoisotopic (exact) mass is 610 g/mol. The Morgan fingerprint density at radius 3 is 1.83 bits per heavy atom. The lowest BCUT2D eigenvalue weighted by atomic mass is 10.1. The molecule has 2 aliphatic rings. The van der Waals surface area contributed by atoms with Crippen molar-refractivity contribution in [3.63, 3.8) is 0 Å². The highest BCUT2D eigenvalue weighted by Crippen LogP contribution is 2.21. The van der Waals surface area contributed by atoms with Gasteiger partial charge in [0.05, 0.1) is 12.2 Å². The zero-order valence-corrected chi connectivity index (χ0v) is 23.0. The zero-order chi connectivity index (χ0) is 31.7. The van der Waals surface area contributed by atoms with E-state index in [1.165, 1.54) is 19.3 Å². The Morgan fingerprint density at radius 1 is 0.833 bits per heavy atom. The highest BCUT2D eigenvalue weighted by Gasteiger charge is 2.39. The molecule has 0 unspecified atom stereocenters. The number of rotatable bonds is 4. The van der Waals surface area contributed by atoms with E-state index < -0.39 is 24.3 Å². The number of aliphatic carboxylic acids is 2. The van der Waals surface area contributed by atoms with Gasteiger partial charge in [-0.1, -0.05) is 11.6 Å². The van der Waals surface area contributed by atoms with Crippen LogP contribution in [0.15, 0.2) is 24.3 Å². The van der Waals surface area contributed by atoms with E-state index in [-0.39, 0.29) is 5.91 Å². The molecule has 0 spiro atoms. The number of carboxylic acids is 2. The van der Waals surface area contributed by atoms with Crippen LogP contribution in [0.3, 0.4) is 0 Å². The molecule has 1 fully saturated rings. The minimum absolute atomic E-state index is 0.0869. The fourth-order valence-electron chi connectivity index (χ4n) is 4.10. The Kier molecular flexibility index (Phi) is 12.1. The minimum Gasteiger partial charge on any atom is -0.475 e. The van der Waals surface area contributed by atoms with Gasteiger partial charge in [-0.2, -0.15) is 26.3 Å². The molecule has 2 N–H and O–H groups in total. The Balaban J connectivity index is 0.000000367. The maximum absolute atomic E-state index is 13.1. The molecule has 2 aliphatic heterocycles. The summed E-state index contributed by atoms with van der Waals surface area (Å²) in [4.78, 5) is 37.4. The Hall–Kier alpha value is -3.89. The number of carbonyl (C=O) groups excluding carboxylic acids is 1. The number of nitrogens with zero attached hydrogens (tertiary/aromatic N) is 6. The largest absolute Gasteiger partial charge is 0.490 e. The SMILES string of the molecule is CN(C)c1ccc(C(=O)N2CCCn3nnc(CN4CCCCC4)c3C2)cc1.O=C(O)C(F)(F)F.O=C(O)C(F)(F)F. The molecule has 0 radical (unpaired) electrons. The van der Waals surface area contributed by atoms with Gasteiger partial charge >= 0.3 is 24.3 Å². The molecule has 4 rings (SSSR count). The summed E-state index contributed by atoms with van der Waals surface area (Å²) in [6.45, 7) is 5.27. The predicted molar refractivity (Wildman–Crippen MR) is 137 cm³/mol. The van der Waals surface area contributed by atoms with Gasteiger partial charge in [0, 0.05) is 45.0 Å². The Morgan fingerprint density at radius 2 is 1.36 bits per heavy atom. The van der Waals surface area contributed by atoms with E-state index in [1.54, 1.807) is 0 Å². The molecule has 2 aromatic rings. The van der Waals surface area contributed by atoms with Crippen molar-refractivity contribution in [1.82, 2.24) is 24.8 Å². The van der Waals surface area contributed by atoms with Crippen molar-refractivity contribution in [1.29, 1.82) is 0 Å². The molecule has 1 aromatic heterocycles. The first-order valence-corrected chi connectivity index (χ1v) is 12.8. The van der Waals surface area contributed by atoms with Crippen LogP contribution in [0.1, 0.15) is 47.4 Å². The predicted octanol–water partition coefficient (Wildman–Crippen LogP) is 3.64.